The molecule has 6 nitrogen and oxygen atoms in total. The molecule has 0 radical (unpaired) electrons. The maximum absolute atomic E-state index is 11.6. The summed E-state index contributed by atoms with van der Waals surface area (Å²) in [6, 6.07) is 7.57. The number of anilines is 1. The maximum Gasteiger partial charge on any atom is 0.183 e. The van der Waals surface area contributed by atoms with Crippen molar-refractivity contribution >= 4 is 11.6 Å². The smallest absolute Gasteiger partial charge is 0.183 e. The standard InChI is InChI=1S/C14H18N4O2/c1-9(2)15-14-13(10(3)19)16-17-18(14)11-5-7-12(20-4)8-6-11/h5-9,15H,1-4H3. The molecule has 1 aromatic heterocycles. The Kier molecular flexibility index (Phi) is 4.02. The lowest BCUT2D eigenvalue weighted by Gasteiger charge is -2.12. The third kappa shape index (κ3) is 2.79. The number of carbonyl (C=O) groups excluding carboxylic acids is 1. The molecule has 106 valence electrons. The van der Waals surface area contributed by atoms with Gasteiger partial charge >= 0.3 is 0 Å². The molecule has 0 aliphatic carbocycles. The van der Waals surface area contributed by atoms with Gasteiger partial charge in [-0.25, -0.2) is 0 Å². The molecule has 1 N–H and O–H groups in total. The minimum absolute atomic E-state index is 0.118. The summed E-state index contributed by atoms with van der Waals surface area (Å²) >= 11 is 0. The first kappa shape index (κ1) is 14.0. The number of methoxy groups -OCH3 is 1. The fourth-order valence-corrected chi connectivity index (χ4v) is 1.83. The quantitative estimate of drug-likeness (QED) is 0.847. The third-order valence-electron chi connectivity index (χ3n) is 2.75. The number of ether oxygens (including phenoxy) is 1. The highest BCUT2D eigenvalue weighted by Gasteiger charge is 2.18. The van der Waals surface area contributed by atoms with Crippen LogP contribution in [0.2, 0.25) is 0 Å². The van der Waals surface area contributed by atoms with Gasteiger partial charge in [-0.05, 0) is 38.1 Å². The van der Waals surface area contributed by atoms with Crippen LogP contribution in [0.1, 0.15) is 31.3 Å². The van der Waals surface area contributed by atoms with E-state index in [0.717, 1.165) is 11.4 Å². The fourth-order valence-electron chi connectivity index (χ4n) is 1.83. The Morgan fingerprint density at radius 2 is 1.95 bits per heavy atom. The van der Waals surface area contributed by atoms with E-state index in [1.807, 2.05) is 38.1 Å². The van der Waals surface area contributed by atoms with Gasteiger partial charge in [0.25, 0.3) is 0 Å². The molecule has 0 spiro atoms. The van der Waals surface area contributed by atoms with Gasteiger partial charge in [-0.3, -0.25) is 4.79 Å². The highest BCUT2D eigenvalue weighted by Crippen LogP contribution is 2.21. The Labute approximate surface area is 117 Å². The van der Waals surface area contributed by atoms with Crippen molar-refractivity contribution < 1.29 is 9.53 Å². The van der Waals surface area contributed by atoms with Crippen molar-refractivity contribution in [2.45, 2.75) is 26.8 Å². The Bertz CT molecular complexity index is 602. The Hall–Kier alpha value is -2.37. The second-order valence-electron chi connectivity index (χ2n) is 4.75. The van der Waals surface area contributed by atoms with Crippen LogP contribution in [0.4, 0.5) is 5.82 Å². The van der Waals surface area contributed by atoms with Crippen molar-refractivity contribution in [1.29, 1.82) is 0 Å². The molecule has 20 heavy (non-hydrogen) atoms. The summed E-state index contributed by atoms with van der Waals surface area (Å²) in [6.07, 6.45) is 0. The highest BCUT2D eigenvalue weighted by atomic mass is 16.5. The summed E-state index contributed by atoms with van der Waals surface area (Å²) in [5, 5.41) is 11.2. The molecule has 0 unspecified atom stereocenters. The third-order valence-corrected chi connectivity index (χ3v) is 2.75. The van der Waals surface area contributed by atoms with Gasteiger partial charge in [0.1, 0.15) is 5.75 Å². The SMILES string of the molecule is COc1ccc(-n2nnc(C(C)=O)c2NC(C)C)cc1. The lowest BCUT2D eigenvalue weighted by molar-refractivity contribution is 0.101. The van der Waals surface area contributed by atoms with E-state index in [2.05, 4.69) is 15.6 Å². The van der Waals surface area contributed by atoms with Crippen molar-refractivity contribution in [1.82, 2.24) is 15.0 Å². The molecular formula is C14H18N4O2. The lowest BCUT2D eigenvalue weighted by Crippen LogP contribution is -2.16. The molecule has 0 bridgehead atoms. The molecule has 1 aromatic carbocycles. The van der Waals surface area contributed by atoms with Gasteiger partial charge in [0.15, 0.2) is 17.3 Å². The number of aromatic nitrogens is 3. The number of ketones is 1. The molecule has 0 aliphatic rings. The summed E-state index contributed by atoms with van der Waals surface area (Å²) in [5.41, 5.74) is 1.16. The van der Waals surface area contributed by atoms with E-state index < -0.39 is 0 Å². The van der Waals surface area contributed by atoms with E-state index >= 15 is 0 Å². The van der Waals surface area contributed by atoms with E-state index in [-0.39, 0.29) is 11.8 Å². The van der Waals surface area contributed by atoms with Crippen LogP contribution in [0, 0.1) is 0 Å². The van der Waals surface area contributed by atoms with Crippen LogP contribution in [0.3, 0.4) is 0 Å². The fraction of sp³-hybridized carbons (Fsp3) is 0.357. The van der Waals surface area contributed by atoms with Crippen molar-refractivity contribution in [3.05, 3.63) is 30.0 Å². The summed E-state index contributed by atoms with van der Waals surface area (Å²) < 4.78 is 6.75. The minimum Gasteiger partial charge on any atom is -0.497 e. The van der Waals surface area contributed by atoms with Crippen LogP contribution >= 0.6 is 0 Å². The predicted octanol–water partition coefficient (Wildman–Crippen LogP) is 2.30. The molecule has 0 atom stereocenters. The summed E-state index contributed by atoms with van der Waals surface area (Å²) in [4.78, 5) is 11.6. The second-order valence-corrected chi connectivity index (χ2v) is 4.75. The van der Waals surface area contributed by atoms with Gasteiger partial charge in [0.2, 0.25) is 0 Å². The van der Waals surface area contributed by atoms with Gasteiger partial charge in [-0.15, -0.1) is 5.10 Å². The van der Waals surface area contributed by atoms with Gasteiger partial charge in [-0.1, -0.05) is 5.21 Å². The predicted molar refractivity (Wildman–Crippen MR) is 76.7 cm³/mol. The van der Waals surface area contributed by atoms with Crippen LogP contribution in [-0.4, -0.2) is 33.9 Å². The first-order valence-corrected chi connectivity index (χ1v) is 6.40. The Balaban J connectivity index is 2.46. The molecule has 0 amide bonds. The van der Waals surface area contributed by atoms with E-state index in [1.165, 1.54) is 6.92 Å². The second kappa shape index (κ2) is 5.73. The first-order chi connectivity index (χ1) is 9.52. The molecule has 2 rings (SSSR count). The molecular weight excluding hydrogens is 256 g/mol. The molecule has 6 heteroatoms. The topological polar surface area (TPSA) is 69.0 Å². The van der Waals surface area contributed by atoms with Crippen molar-refractivity contribution in [2.75, 3.05) is 12.4 Å². The normalized spacial score (nSPS) is 10.7. The number of rotatable bonds is 5. The average Bonchev–Trinajstić information content (AvgIpc) is 2.82. The zero-order valence-corrected chi connectivity index (χ0v) is 12.0. The largest absolute Gasteiger partial charge is 0.497 e. The van der Waals surface area contributed by atoms with E-state index in [1.54, 1.807) is 11.8 Å². The van der Waals surface area contributed by atoms with Crippen molar-refractivity contribution in [2.24, 2.45) is 0 Å². The highest BCUT2D eigenvalue weighted by molar-refractivity contribution is 5.96. The first-order valence-electron chi connectivity index (χ1n) is 6.40. The summed E-state index contributed by atoms with van der Waals surface area (Å²) in [7, 11) is 1.62. The molecule has 0 saturated carbocycles. The van der Waals surface area contributed by atoms with Crippen molar-refractivity contribution in [3.8, 4) is 11.4 Å². The van der Waals surface area contributed by atoms with Crippen molar-refractivity contribution in [3.63, 3.8) is 0 Å². The van der Waals surface area contributed by atoms with E-state index in [4.69, 9.17) is 4.74 Å². The number of benzene rings is 1. The van der Waals surface area contributed by atoms with Crippen LogP contribution in [0.25, 0.3) is 5.69 Å². The summed E-state index contributed by atoms with van der Waals surface area (Å²) in [5.74, 6) is 1.25. The Morgan fingerprint density at radius 3 is 2.45 bits per heavy atom. The van der Waals surface area contributed by atoms with Gasteiger partial charge in [0, 0.05) is 13.0 Å². The van der Waals surface area contributed by atoms with E-state index in [0.29, 0.717) is 11.5 Å². The maximum atomic E-state index is 11.6. The number of hydrogen-bond acceptors (Lipinski definition) is 5. The van der Waals surface area contributed by atoms with Crippen LogP contribution in [0.5, 0.6) is 5.75 Å². The number of nitrogens with zero attached hydrogens (tertiary/aromatic N) is 3. The van der Waals surface area contributed by atoms with E-state index in [9.17, 15) is 4.79 Å². The molecule has 0 fully saturated rings. The number of nitrogens with one attached hydrogen (secondary N) is 1. The monoisotopic (exact) mass is 274 g/mol. The van der Waals surface area contributed by atoms with Crippen LogP contribution < -0.4 is 10.1 Å². The van der Waals surface area contributed by atoms with Gasteiger partial charge in [0.05, 0.1) is 12.8 Å². The molecule has 1 heterocycles. The lowest BCUT2D eigenvalue weighted by atomic mass is 10.2. The number of hydrogen-bond donors (Lipinski definition) is 1. The van der Waals surface area contributed by atoms with Gasteiger partial charge < -0.3 is 10.1 Å². The van der Waals surface area contributed by atoms with Gasteiger partial charge in [-0.2, -0.15) is 4.68 Å². The Morgan fingerprint density at radius 1 is 1.30 bits per heavy atom. The zero-order chi connectivity index (χ0) is 14.7. The average molecular weight is 274 g/mol. The molecule has 2 aromatic rings. The van der Waals surface area contributed by atoms with Crippen LogP contribution in [0.15, 0.2) is 24.3 Å². The molecule has 0 saturated heterocycles. The number of carbonyl (C=O) groups is 1. The molecule has 0 aliphatic heterocycles. The minimum atomic E-state index is -0.118. The zero-order valence-electron chi connectivity index (χ0n) is 12.0. The van der Waals surface area contributed by atoms with Crippen LogP contribution in [-0.2, 0) is 0 Å². The number of Topliss-reactive ketones (excluding diaryl/α,β-unsaturated/α-hetero) is 1. The summed E-state index contributed by atoms with van der Waals surface area (Å²) in [6.45, 7) is 5.47.